The lowest BCUT2D eigenvalue weighted by atomic mass is 10.0. The molecule has 0 aromatic heterocycles. The fraction of sp³-hybridized carbons (Fsp3) is 0.747. The highest BCUT2D eigenvalue weighted by atomic mass is 16.6. The normalized spacial score (nSPS) is 12.7. The minimum atomic E-state index is -0.781. The van der Waals surface area contributed by atoms with Crippen LogP contribution in [0.15, 0.2) is 97.2 Å². The summed E-state index contributed by atoms with van der Waals surface area (Å²) in [5.41, 5.74) is 0. The van der Waals surface area contributed by atoms with Crippen molar-refractivity contribution in [2.24, 2.45) is 0 Å². The third kappa shape index (κ3) is 67.0. The highest BCUT2D eigenvalue weighted by molar-refractivity contribution is 5.71. The zero-order valence-electron chi connectivity index (χ0n) is 53.5. The Morgan fingerprint density at radius 3 is 0.753 bits per heavy atom. The van der Waals surface area contributed by atoms with E-state index in [2.05, 4.69) is 118 Å². The predicted molar refractivity (Wildman–Crippen MR) is 353 cm³/mol. The van der Waals surface area contributed by atoms with Gasteiger partial charge in [0.25, 0.3) is 0 Å². The highest BCUT2D eigenvalue weighted by Gasteiger charge is 2.19. The monoisotopic (exact) mass is 1130 g/mol. The van der Waals surface area contributed by atoms with E-state index in [9.17, 15) is 14.4 Å². The largest absolute Gasteiger partial charge is 0.462 e. The van der Waals surface area contributed by atoms with Crippen molar-refractivity contribution in [3.63, 3.8) is 0 Å². The minimum Gasteiger partial charge on any atom is -0.462 e. The van der Waals surface area contributed by atoms with Crippen molar-refractivity contribution in [1.29, 1.82) is 0 Å². The van der Waals surface area contributed by atoms with Gasteiger partial charge in [-0.3, -0.25) is 14.4 Å². The molecule has 6 nitrogen and oxygen atoms in total. The van der Waals surface area contributed by atoms with Gasteiger partial charge in [-0.15, -0.1) is 0 Å². The molecule has 0 fully saturated rings. The number of ether oxygens (including phenoxy) is 3. The van der Waals surface area contributed by atoms with Crippen molar-refractivity contribution in [2.45, 2.75) is 348 Å². The minimum absolute atomic E-state index is 0.0765. The molecule has 466 valence electrons. The van der Waals surface area contributed by atoms with Gasteiger partial charge in [-0.25, -0.2) is 0 Å². The molecule has 1 unspecified atom stereocenters. The van der Waals surface area contributed by atoms with Crippen LogP contribution in [0.1, 0.15) is 342 Å². The van der Waals surface area contributed by atoms with E-state index in [1.54, 1.807) is 0 Å². The van der Waals surface area contributed by atoms with Crippen LogP contribution in [0.4, 0.5) is 0 Å². The second-order valence-corrected chi connectivity index (χ2v) is 23.1. The van der Waals surface area contributed by atoms with Gasteiger partial charge < -0.3 is 14.2 Å². The maximum absolute atomic E-state index is 12.9. The van der Waals surface area contributed by atoms with Crippen LogP contribution in [0.3, 0.4) is 0 Å². The van der Waals surface area contributed by atoms with Crippen LogP contribution in [-0.4, -0.2) is 37.2 Å². The van der Waals surface area contributed by atoms with Crippen LogP contribution >= 0.6 is 0 Å². The zero-order chi connectivity index (χ0) is 58.5. The number of carbonyl (C=O) groups is 3. The molecule has 1 atom stereocenters. The van der Waals surface area contributed by atoms with Crippen LogP contribution in [0.5, 0.6) is 0 Å². The third-order valence-electron chi connectivity index (χ3n) is 15.1. The first-order valence-corrected chi connectivity index (χ1v) is 34.7. The number of allylic oxidation sites excluding steroid dienone is 16. The molecular weight excluding hydrogens is 997 g/mol. The molecule has 0 amide bonds. The third-order valence-corrected chi connectivity index (χ3v) is 15.1. The lowest BCUT2D eigenvalue weighted by Crippen LogP contribution is -2.30. The standard InChI is InChI=1S/C75H130O6/c1-4-7-10-13-16-19-22-24-26-28-30-32-34-36-37-39-40-42-44-46-48-50-53-56-59-62-65-68-74(77)80-71-72(70-79-73(76)67-64-61-58-55-52-21-18-15-12-9-6-3)81-75(78)69-66-63-60-57-54-51-49-47-45-43-41-38-35-33-31-29-27-25-23-20-17-14-11-8-5-2/h7,10,16,19,23-26,29-32,35-38,72H,4-6,8-9,11-15,17-18,20-22,27-28,33-34,39-71H2,1-3H3/b10-7-,19-16-,25-23-,26-24-,31-29-,32-30-,37-36-,38-35-. The van der Waals surface area contributed by atoms with Crippen LogP contribution in [0.2, 0.25) is 0 Å². The molecule has 0 N–H and O–H groups in total. The topological polar surface area (TPSA) is 78.9 Å². The van der Waals surface area contributed by atoms with Crippen molar-refractivity contribution in [3.8, 4) is 0 Å². The quantitative estimate of drug-likeness (QED) is 0.0261. The van der Waals surface area contributed by atoms with E-state index in [1.807, 2.05) is 0 Å². The first-order valence-electron chi connectivity index (χ1n) is 34.7. The molecular formula is C75H130O6. The van der Waals surface area contributed by atoms with E-state index in [4.69, 9.17) is 14.2 Å². The Morgan fingerprint density at radius 2 is 0.481 bits per heavy atom. The molecule has 81 heavy (non-hydrogen) atoms. The van der Waals surface area contributed by atoms with Crippen LogP contribution in [0.25, 0.3) is 0 Å². The number of hydrogen-bond donors (Lipinski definition) is 0. The fourth-order valence-electron chi connectivity index (χ4n) is 9.89. The number of esters is 3. The fourth-order valence-corrected chi connectivity index (χ4v) is 9.89. The van der Waals surface area contributed by atoms with Gasteiger partial charge in [-0.2, -0.15) is 0 Å². The Labute approximate surface area is 502 Å². The number of hydrogen-bond acceptors (Lipinski definition) is 6. The van der Waals surface area contributed by atoms with E-state index >= 15 is 0 Å². The van der Waals surface area contributed by atoms with E-state index in [1.165, 1.54) is 199 Å². The first kappa shape index (κ1) is 77.3. The lowest BCUT2D eigenvalue weighted by molar-refractivity contribution is -0.167. The van der Waals surface area contributed by atoms with Gasteiger partial charge in [-0.05, 0) is 103 Å². The zero-order valence-corrected chi connectivity index (χ0v) is 53.5. The Kier molecular flexibility index (Phi) is 65.7. The van der Waals surface area contributed by atoms with E-state index < -0.39 is 6.10 Å². The SMILES string of the molecule is CC/C=C\C/C=C\C/C=C\C/C=C\C/C=C\CCCCCCCCCCCCCC(=O)OCC(COC(=O)CCCCCCCCCCCCC)OC(=O)CCCCCCCCCCCC/C=C\C/C=C\C/C=C\CCCCCCC. The maximum Gasteiger partial charge on any atom is 0.306 e. The summed E-state index contributed by atoms with van der Waals surface area (Å²) in [6.07, 6.45) is 92.8. The Balaban J connectivity index is 4.25. The van der Waals surface area contributed by atoms with Gasteiger partial charge in [0.2, 0.25) is 0 Å². The van der Waals surface area contributed by atoms with Gasteiger partial charge in [0, 0.05) is 19.3 Å². The van der Waals surface area contributed by atoms with Crippen molar-refractivity contribution in [2.75, 3.05) is 13.2 Å². The van der Waals surface area contributed by atoms with Crippen molar-refractivity contribution >= 4 is 17.9 Å². The van der Waals surface area contributed by atoms with Crippen molar-refractivity contribution in [1.82, 2.24) is 0 Å². The lowest BCUT2D eigenvalue weighted by Gasteiger charge is -2.18. The molecule has 0 rings (SSSR count). The molecule has 0 heterocycles. The summed E-state index contributed by atoms with van der Waals surface area (Å²) in [5, 5.41) is 0. The number of carbonyl (C=O) groups excluding carboxylic acids is 3. The first-order chi connectivity index (χ1) is 40.0. The molecule has 0 aromatic carbocycles. The van der Waals surface area contributed by atoms with E-state index in [-0.39, 0.29) is 31.1 Å². The summed E-state index contributed by atoms with van der Waals surface area (Å²) < 4.78 is 17.0. The molecule has 0 aliphatic carbocycles. The van der Waals surface area contributed by atoms with E-state index in [0.29, 0.717) is 19.3 Å². The Morgan fingerprint density at radius 1 is 0.259 bits per heavy atom. The molecule has 0 saturated heterocycles. The predicted octanol–water partition coefficient (Wildman–Crippen LogP) is 24.0. The molecule has 0 aliphatic heterocycles. The summed E-state index contributed by atoms with van der Waals surface area (Å²) >= 11 is 0. The van der Waals surface area contributed by atoms with Gasteiger partial charge >= 0.3 is 17.9 Å². The molecule has 0 saturated carbocycles. The molecule has 6 heteroatoms. The summed E-state index contributed by atoms with van der Waals surface area (Å²) in [6.45, 7) is 6.54. The van der Waals surface area contributed by atoms with Gasteiger partial charge in [0.05, 0.1) is 0 Å². The molecule has 0 radical (unpaired) electrons. The van der Waals surface area contributed by atoms with Crippen LogP contribution in [-0.2, 0) is 28.6 Å². The molecule has 0 aliphatic rings. The summed E-state index contributed by atoms with van der Waals surface area (Å²) in [5.74, 6) is -0.870. The summed E-state index contributed by atoms with van der Waals surface area (Å²) in [6, 6.07) is 0. The summed E-state index contributed by atoms with van der Waals surface area (Å²) in [4.78, 5) is 38.4. The van der Waals surface area contributed by atoms with E-state index in [0.717, 1.165) is 103 Å². The van der Waals surface area contributed by atoms with Gasteiger partial charge in [0.1, 0.15) is 13.2 Å². The molecule has 0 spiro atoms. The summed E-state index contributed by atoms with van der Waals surface area (Å²) in [7, 11) is 0. The second kappa shape index (κ2) is 68.8. The average Bonchev–Trinajstić information content (AvgIpc) is 3.47. The smallest absolute Gasteiger partial charge is 0.306 e. The van der Waals surface area contributed by atoms with Crippen LogP contribution in [0, 0.1) is 0 Å². The molecule has 0 aromatic rings. The average molecular weight is 1130 g/mol. The second-order valence-electron chi connectivity index (χ2n) is 23.1. The Bertz CT molecular complexity index is 1580. The number of rotatable bonds is 63. The Hall–Kier alpha value is -3.67. The van der Waals surface area contributed by atoms with Crippen molar-refractivity contribution in [3.05, 3.63) is 97.2 Å². The number of unbranched alkanes of at least 4 members (excludes halogenated alkanes) is 36. The van der Waals surface area contributed by atoms with Gasteiger partial charge in [0.15, 0.2) is 6.10 Å². The highest BCUT2D eigenvalue weighted by Crippen LogP contribution is 2.17. The maximum atomic E-state index is 12.9. The van der Waals surface area contributed by atoms with Gasteiger partial charge in [-0.1, -0.05) is 317 Å². The van der Waals surface area contributed by atoms with Crippen molar-refractivity contribution < 1.29 is 28.6 Å². The molecule has 0 bridgehead atoms. The van der Waals surface area contributed by atoms with Crippen LogP contribution < -0.4 is 0 Å².